The van der Waals surface area contributed by atoms with Crippen molar-refractivity contribution in [3.05, 3.63) is 63.1 Å². The summed E-state index contributed by atoms with van der Waals surface area (Å²) in [7, 11) is 0. The fraction of sp³-hybridized carbons (Fsp3) is 0.0667. The lowest BCUT2D eigenvalue weighted by Gasteiger charge is -2.04. The van der Waals surface area contributed by atoms with Gasteiger partial charge < -0.3 is 5.11 Å². The third-order valence-corrected chi connectivity index (χ3v) is 3.32. The zero-order chi connectivity index (χ0) is 15.4. The molecule has 0 unspecified atom stereocenters. The Morgan fingerprint density at radius 1 is 1.29 bits per heavy atom. The van der Waals surface area contributed by atoms with Crippen LogP contribution in [0.2, 0.25) is 10.0 Å². The Bertz CT molecular complexity index is 715. The molecule has 0 fully saturated rings. The largest absolute Gasteiger partial charge is 0.506 e. The number of nitrogens with one attached hydrogen (secondary N) is 1. The first-order valence-corrected chi connectivity index (χ1v) is 6.81. The molecule has 2 aromatic rings. The number of halogens is 2. The van der Waals surface area contributed by atoms with Gasteiger partial charge in [-0.3, -0.25) is 4.79 Å². The quantitative estimate of drug-likeness (QED) is 0.667. The molecule has 0 saturated carbocycles. The lowest BCUT2D eigenvalue weighted by atomic mass is 10.1. The Morgan fingerprint density at radius 3 is 2.71 bits per heavy atom. The number of hydrazone groups is 1. The highest BCUT2D eigenvalue weighted by molar-refractivity contribution is 6.36. The Labute approximate surface area is 132 Å². The van der Waals surface area contributed by atoms with Crippen LogP contribution in [0.3, 0.4) is 0 Å². The first-order chi connectivity index (χ1) is 9.99. The molecule has 0 bridgehead atoms. The van der Waals surface area contributed by atoms with Gasteiger partial charge in [-0.25, -0.2) is 5.43 Å². The maximum absolute atomic E-state index is 11.9. The maximum Gasteiger partial charge on any atom is 0.271 e. The predicted molar refractivity (Wildman–Crippen MR) is 84.4 cm³/mol. The van der Waals surface area contributed by atoms with E-state index < -0.39 is 0 Å². The first kappa shape index (κ1) is 15.4. The van der Waals surface area contributed by atoms with Gasteiger partial charge in [-0.1, -0.05) is 41.4 Å². The third-order valence-electron chi connectivity index (χ3n) is 2.82. The zero-order valence-electron chi connectivity index (χ0n) is 11.1. The van der Waals surface area contributed by atoms with Crippen LogP contribution in [0.5, 0.6) is 5.75 Å². The van der Waals surface area contributed by atoms with E-state index in [9.17, 15) is 9.90 Å². The Balaban J connectivity index is 2.13. The number of carbonyl (C=O) groups excluding carboxylic acids is 1. The molecule has 0 atom stereocenters. The second kappa shape index (κ2) is 6.61. The van der Waals surface area contributed by atoms with Crippen LogP contribution in [0.25, 0.3) is 0 Å². The molecule has 0 saturated heterocycles. The van der Waals surface area contributed by atoms with Crippen LogP contribution in [0.1, 0.15) is 21.5 Å². The number of carbonyl (C=O) groups is 1. The molecular weight excluding hydrogens is 311 g/mol. The number of rotatable bonds is 3. The SMILES string of the molecule is Cc1ccccc1C(=O)N/N=C\c1cc(Cl)cc(Cl)c1O. The van der Waals surface area contributed by atoms with Crippen molar-refractivity contribution in [1.29, 1.82) is 0 Å². The second-order valence-electron chi connectivity index (χ2n) is 4.34. The van der Waals surface area contributed by atoms with Crippen molar-refractivity contribution in [3.8, 4) is 5.75 Å². The summed E-state index contributed by atoms with van der Waals surface area (Å²) in [5.41, 5.74) is 4.08. The molecule has 6 heteroatoms. The van der Waals surface area contributed by atoms with Gasteiger partial charge in [-0.05, 0) is 30.7 Å². The van der Waals surface area contributed by atoms with Crippen molar-refractivity contribution in [2.75, 3.05) is 0 Å². The fourth-order valence-electron chi connectivity index (χ4n) is 1.73. The van der Waals surface area contributed by atoms with E-state index in [2.05, 4.69) is 10.5 Å². The second-order valence-corrected chi connectivity index (χ2v) is 5.18. The number of nitrogens with zero attached hydrogens (tertiary/aromatic N) is 1. The molecule has 1 amide bonds. The highest BCUT2D eigenvalue weighted by Crippen LogP contribution is 2.29. The highest BCUT2D eigenvalue weighted by atomic mass is 35.5. The van der Waals surface area contributed by atoms with Gasteiger partial charge >= 0.3 is 0 Å². The van der Waals surface area contributed by atoms with Crippen molar-refractivity contribution in [2.45, 2.75) is 6.92 Å². The number of phenolic OH excluding ortho intramolecular Hbond substituents is 1. The number of phenols is 1. The summed E-state index contributed by atoms with van der Waals surface area (Å²) in [6, 6.07) is 10.1. The number of aryl methyl sites for hydroxylation is 1. The van der Waals surface area contributed by atoms with E-state index in [0.29, 0.717) is 16.1 Å². The van der Waals surface area contributed by atoms with Crippen LogP contribution in [-0.4, -0.2) is 17.2 Å². The fourth-order valence-corrected chi connectivity index (χ4v) is 2.24. The van der Waals surface area contributed by atoms with Crippen molar-refractivity contribution in [3.63, 3.8) is 0 Å². The highest BCUT2D eigenvalue weighted by Gasteiger charge is 2.08. The van der Waals surface area contributed by atoms with E-state index in [1.54, 1.807) is 12.1 Å². The van der Waals surface area contributed by atoms with E-state index in [1.807, 2.05) is 19.1 Å². The van der Waals surface area contributed by atoms with Gasteiger partial charge in [0.05, 0.1) is 11.2 Å². The summed E-state index contributed by atoms with van der Waals surface area (Å²) in [5.74, 6) is -0.480. The molecule has 108 valence electrons. The summed E-state index contributed by atoms with van der Waals surface area (Å²) < 4.78 is 0. The first-order valence-electron chi connectivity index (χ1n) is 6.06. The van der Waals surface area contributed by atoms with E-state index in [-0.39, 0.29) is 16.7 Å². The molecular formula is C15H12Cl2N2O2. The van der Waals surface area contributed by atoms with Gasteiger partial charge in [0.2, 0.25) is 0 Å². The Kier molecular flexibility index (Phi) is 4.83. The van der Waals surface area contributed by atoms with E-state index in [0.717, 1.165) is 5.56 Å². The number of aromatic hydroxyl groups is 1. The standard InChI is InChI=1S/C15H12Cl2N2O2/c1-9-4-2-3-5-12(9)15(21)19-18-8-10-6-11(16)7-13(17)14(10)20/h2-8,20H,1H3,(H,19,21)/b18-8-. The molecule has 2 aromatic carbocycles. The van der Waals surface area contributed by atoms with E-state index >= 15 is 0 Å². The molecule has 2 N–H and O–H groups in total. The Hall–Kier alpha value is -2.04. The summed E-state index contributed by atoms with van der Waals surface area (Å²) >= 11 is 11.6. The summed E-state index contributed by atoms with van der Waals surface area (Å²) in [5, 5.41) is 14.0. The van der Waals surface area contributed by atoms with Crippen LogP contribution in [0.15, 0.2) is 41.5 Å². The van der Waals surface area contributed by atoms with Gasteiger partial charge in [-0.15, -0.1) is 0 Å². The molecule has 0 radical (unpaired) electrons. The lowest BCUT2D eigenvalue weighted by Crippen LogP contribution is -2.18. The van der Waals surface area contributed by atoms with Crippen LogP contribution in [0.4, 0.5) is 0 Å². The molecule has 0 aliphatic heterocycles. The average Bonchev–Trinajstić information content (AvgIpc) is 2.44. The Morgan fingerprint density at radius 2 is 2.00 bits per heavy atom. The van der Waals surface area contributed by atoms with Gasteiger partial charge in [0.1, 0.15) is 5.75 Å². The van der Waals surface area contributed by atoms with Crippen molar-refractivity contribution < 1.29 is 9.90 Å². The molecule has 0 aromatic heterocycles. The minimum absolute atomic E-state index is 0.120. The molecule has 4 nitrogen and oxygen atoms in total. The van der Waals surface area contributed by atoms with Crippen molar-refractivity contribution >= 4 is 35.3 Å². The predicted octanol–water partition coefficient (Wildman–Crippen LogP) is 3.77. The minimum Gasteiger partial charge on any atom is -0.506 e. The van der Waals surface area contributed by atoms with E-state index in [4.69, 9.17) is 23.2 Å². The van der Waals surface area contributed by atoms with Crippen LogP contribution in [-0.2, 0) is 0 Å². The lowest BCUT2D eigenvalue weighted by molar-refractivity contribution is 0.0954. The van der Waals surface area contributed by atoms with Crippen LogP contribution in [0, 0.1) is 6.92 Å². The molecule has 2 rings (SSSR count). The van der Waals surface area contributed by atoms with Crippen LogP contribution >= 0.6 is 23.2 Å². The van der Waals surface area contributed by atoms with Gasteiger partial charge in [-0.2, -0.15) is 5.10 Å². The van der Waals surface area contributed by atoms with Crippen molar-refractivity contribution in [2.24, 2.45) is 5.10 Å². The number of hydrogen-bond donors (Lipinski definition) is 2. The van der Waals surface area contributed by atoms with Gasteiger partial charge in [0, 0.05) is 16.1 Å². The van der Waals surface area contributed by atoms with Crippen molar-refractivity contribution in [1.82, 2.24) is 5.43 Å². The zero-order valence-corrected chi connectivity index (χ0v) is 12.6. The minimum atomic E-state index is -0.336. The maximum atomic E-state index is 11.9. The monoisotopic (exact) mass is 322 g/mol. The van der Waals surface area contributed by atoms with Crippen LogP contribution < -0.4 is 5.43 Å². The summed E-state index contributed by atoms with van der Waals surface area (Å²) in [6.45, 7) is 1.83. The molecule has 0 aliphatic rings. The molecule has 0 aliphatic carbocycles. The van der Waals surface area contributed by atoms with E-state index in [1.165, 1.54) is 18.3 Å². The molecule has 0 spiro atoms. The summed E-state index contributed by atoms with van der Waals surface area (Å²) in [4.78, 5) is 11.9. The summed E-state index contributed by atoms with van der Waals surface area (Å²) in [6.07, 6.45) is 1.28. The third kappa shape index (κ3) is 3.74. The smallest absolute Gasteiger partial charge is 0.271 e. The number of hydrogen-bond acceptors (Lipinski definition) is 3. The van der Waals surface area contributed by atoms with Gasteiger partial charge in [0.15, 0.2) is 0 Å². The number of benzene rings is 2. The molecule has 21 heavy (non-hydrogen) atoms. The number of amides is 1. The molecule has 0 heterocycles. The van der Waals surface area contributed by atoms with Gasteiger partial charge in [0.25, 0.3) is 5.91 Å². The average molecular weight is 323 g/mol. The topological polar surface area (TPSA) is 61.7 Å². The normalized spacial score (nSPS) is 10.8.